The number of nitrogens with zero attached hydrogens (tertiary/aromatic N) is 2. The third-order valence-electron chi connectivity index (χ3n) is 3.86. The molecule has 3 rings (SSSR count). The standard InChI is InChI=1S/C15H17ClN2O2/c1-9(16)14-17-12-6-4-3-5-11(12)15(19)18(14)13-7-8-20-10(13)2/h3-6,9-10,13H,7-8H2,1-2H3. The molecule has 0 aliphatic carbocycles. The van der Waals surface area contributed by atoms with Crippen LogP contribution in [-0.4, -0.2) is 22.3 Å². The van der Waals surface area contributed by atoms with Gasteiger partial charge >= 0.3 is 0 Å². The number of rotatable bonds is 2. The first-order valence-electron chi connectivity index (χ1n) is 6.86. The summed E-state index contributed by atoms with van der Waals surface area (Å²) in [5.74, 6) is 0.623. The molecule has 0 spiro atoms. The van der Waals surface area contributed by atoms with Crippen LogP contribution in [0.2, 0.25) is 0 Å². The molecule has 3 atom stereocenters. The summed E-state index contributed by atoms with van der Waals surface area (Å²) in [4.78, 5) is 17.4. The minimum atomic E-state index is -0.319. The van der Waals surface area contributed by atoms with Crippen LogP contribution in [0.3, 0.4) is 0 Å². The van der Waals surface area contributed by atoms with E-state index in [0.29, 0.717) is 23.3 Å². The number of aromatic nitrogens is 2. The number of hydrogen-bond donors (Lipinski definition) is 0. The Hall–Kier alpha value is -1.39. The molecule has 1 aromatic carbocycles. The fourth-order valence-corrected chi connectivity index (χ4v) is 2.98. The van der Waals surface area contributed by atoms with Gasteiger partial charge in [-0.15, -0.1) is 11.6 Å². The molecular formula is C15H17ClN2O2. The smallest absolute Gasteiger partial charge is 0.261 e. The van der Waals surface area contributed by atoms with E-state index in [4.69, 9.17) is 16.3 Å². The zero-order chi connectivity index (χ0) is 14.3. The summed E-state index contributed by atoms with van der Waals surface area (Å²) in [5, 5.41) is 0.313. The number of halogens is 1. The number of ether oxygens (including phenoxy) is 1. The summed E-state index contributed by atoms with van der Waals surface area (Å²) in [6.45, 7) is 4.50. The zero-order valence-corrected chi connectivity index (χ0v) is 12.3. The molecule has 2 heterocycles. The molecule has 2 aromatic rings. The molecular weight excluding hydrogens is 276 g/mol. The van der Waals surface area contributed by atoms with Crippen LogP contribution < -0.4 is 5.56 Å². The Balaban J connectivity index is 2.30. The molecule has 0 radical (unpaired) electrons. The Kier molecular flexibility index (Phi) is 3.52. The lowest BCUT2D eigenvalue weighted by Gasteiger charge is -2.22. The largest absolute Gasteiger partial charge is 0.376 e. The van der Waals surface area contributed by atoms with Gasteiger partial charge in [-0.05, 0) is 32.4 Å². The van der Waals surface area contributed by atoms with Crippen molar-refractivity contribution in [2.75, 3.05) is 6.61 Å². The second-order valence-electron chi connectivity index (χ2n) is 5.21. The van der Waals surface area contributed by atoms with Crippen LogP contribution in [0.5, 0.6) is 0 Å². The quantitative estimate of drug-likeness (QED) is 0.799. The van der Waals surface area contributed by atoms with Gasteiger partial charge in [0, 0.05) is 6.61 Å². The van der Waals surface area contributed by atoms with Crippen molar-refractivity contribution in [3.8, 4) is 0 Å². The van der Waals surface area contributed by atoms with Gasteiger partial charge in [-0.3, -0.25) is 9.36 Å². The van der Waals surface area contributed by atoms with Crippen molar-refractivity contribution in [1.82, 2.24) is 9.55 Å². The molecule has 1 saturated heterocycles. The lowest BCUT2D eigenvalue weighted by Crippen LogP contribution is -2.32. The van der Waals surface area contributed by atoms with Crippen LogP contribution >= 0.6 is 11.6 Å². The first-order valence-corrected chi connectivity index (χ1v) is 7.30. The van der Waals surface area contributed by atoms with Crippen LogP contribution in [-0.2, 0) is 4.74 Å². The van der Waals surface area contributed by atoms with Crippen LogP contribution in [0.1, 0.15) is 37.5 Å². The Morgan fingerprint density at radius 1 is 1.45 bits per heavy atom. The Morgan fingerprint density at radius 3 is 2.85 bits per heavy atom. The molecule has 4 nitrogen and oxygen atoms in total. The van der Waals surface area contributed by atoms with Crippen molar-refractivity contribution < 1.29 is 4.74 Å². The van der Waals surface area contributed by atoms with Crippen molar-refractivity contribution in [3.05, 3.63) is 40.4 Å². The molecule has 5 heteroatoms. The normalized spacial score (nSPS) is 24.1. The maximum atomic E-state index is 12.8. The first kappa shape index (κ1) is 13.6. The minimum Gasteiger partial charge on any atom is -0.376 e. The average Bonchev–Trinajstić information content (AvgIpc) is 2.84. The lowest BCUT2D eigenvalue weighted by molar-refractivity contribution is 0.106. The van der Waals surface area contributed by atoms with E-state index >= 15 is 0 Å². The third kappa shape index (κ3) is 2.13. The highest BCUT2D eigenvalue weighted by molar-refractivity contribution is 6.20. The van der Waals surface area contributed by atoms with E-state index in [1.54, 1.807) is 4.57 Å². The van der Waals surface area contributed by atoms with E-state index in [2.05, 4.69) is 4.98 Å². The van der Waals surface area contributed by atoms with Gasteiger partial charge in [0.05, 0.1) is 28.4 Å². The number of fused-ring (bicyclic) bond motifs is 1. The molecule has 1 fully saturated rings. The molecule has 1 aliphatic rings. The summed E-state index contributed by atoms with van der Waals surface area (Å²) in [6, 6.07) is 7.40. The molecule has 106 valence electrons. The van der Waals surface area contributed by atoms with E-state index < -0.39 is 0 Å². The van der Waals surface area contributed by atoms with Crippen molar-refractivity contribution in [2.45, 2.75) is 37.8 Å². The first-order chi connectivity index (χ1) is 9.59. The van der Waals surface area contributed by atoms with Gasteiger partial charge in [0.25, 0.3) is 5.56 Å². The third-order valence-corrected chi connectivity index (χ3v) is 4.05. The van der Waals surface area contributed by atoms with E-state index in [9.17, 15) is 4.79 Å². The molecule has 0 bridgehead atoms. The lowest BCUT2D eigenvalue weighted by atomic mass is 10.1. The van der Waals surface area contributed by atoms with E-state index in [0.717, 1.165) is 6.42 Å². The summed E-state index contributed by atoms with van der Waals surface area (Å²) in [6.07, 6.45) is 0.822. The van der Waals surface area contributed by atoms with E-state index in [1.165, 1.54) is 0 Å². The molecule has 0 saturated carbocycles. The molecule has 0 N–H and O–H groups in total. The average molecular weight is 293 g/mol. The topological polar surface area (TPSA) is 44.1 Å². The number of hydrogen-bond acceptors (Lipinski definition) is 3. The van der Waals surface area contributed by atoms with Gasteiger partial charge < -0.3 is 4.74 Å². The highest BCUT2D eigenvalue weighted by atomic mass is 35.5. The highest BCUT2D eigenvalue weighted by Crippen LogP contribution is 2.29. The fraction of sp³-hybridized carbons (Fsp3) is 0.467. The Morgan fingerprint density at radius 2 is 2.20 bits per heavy atom. The molecule has 0 amide bonds. The van der Waals surface area contributed by atoms with E-state index in [1.807, 2.05) is 38.1 Å². The van der Waals surface area contributed by atoms with Crippen molar-refractivity contribution in [2.24, 2.45) is 0 Å². The van der Waals surface area contributed by atoms with Crippen molar-refractivity contribution in [3.63, 3.8) is 0 Å². The number of para-hydroxylation sites is 1. The Bertz CT molecular complexity index is 696. The van der Waals surface area contributed by atoms with Gasteiger partial charge in [-0.25, -0.2) is 4.98 Å². The SMILES string of the molecule is CC(Cl)c1nc2ccccc2c(=O)n1C1CCOC1C. The number of benzene rings is 1. The maximum Gasteiger partial charge on any atom is 0.261 e. The minimum absolute atomic E-state index is 0.00447. The Labute approximate surface area is 122 Å². The predicted molar refractivity (Wildman–Crippen MR) is 79.3 cm³/mol. The van der Waals surface area contributed by atoms with Crippen LogP contribution in [0.15, 0.2) is 29.1 Å². The van der Waals surface area contributed by atoms with Crippen LogP contribution in [0, 0.1) is 0 Å². The van der Waals surface area contributed by atoms with Crippen molar-refractivity contribution >= 4 is 22.5 Å². The summed E-state index contributed by atoms with van der Waals surface area (Å²) in [7, 11) is 0. The highest BCUT2D eigenvalue weighted by Gasteiger charge is 2.30. The number of alkyl halides is 1. The zero-order valence-electron chi connectivity index (χ0n) is 11.5. The second-order valence-corrected chi connectivity index (χ2v) is 5.86. The molecule has 1 aromatic heterocycles. The summed E-state index contributed by atoms with van der Waals surface area (Å²) < 4.78 is 7.32. The fourth-order valence-electron chi connectivity index (χ4n) is 2.82. The van der Waals surface area contributed by atoms with Crippen molar-refractivity contribution in [1.29, 1.82) is 0 Å². The van der Waals surface area contributed by atoms with Gasteiger partial charge in [-0.2, -0.15) is 0 Å². The van der Waals surface area contributed by atoms with Gasteiger partial charge in [-0.1, -0.05) is 12.1 Å². The summed E-state index contributed by atoms with van der Waals surface area (Å²) >= 11 is 6.24. The molecule has 1 aliphatic heterocycles. The summed E-state index contributed by atoms with van der Waals surface area (Å²) in [5.41, 5.74) is 0.670. The van der Waals surface area contributed by atoms with Crippen LogP contribution in [0.25, 0.3) is 10.9 Å². The van der Waals surface area contributed by atoms with Crippen LogP contribution in [0.4, 0.5) is 0 Å². The predicted octanol–water partition coefficient (Wildman–Crippen LogP) is 3.05. The molecule has 20 heavy (non-hydrogen) atoms. The second kappa shape index (κ2) is 5.19. The van der Waals surface area contributed by atoms with Gasteiger partial charge in [0.1, 0.15) is 5.82 Å². The maximum absolute atomic E-state index is 12.8. The van der Waals surface area contributed by atoms with Gasteiger partial charge in [0.2, 0.25) is 0 Å². The van der Waals surface area contributed by atoms with Gasteiger partial charge in [0.15, 0.2) is 0 Å². The van der Waals surface area contributed by atoms with E-state index in [-0.39, 0.29) is 23.1 Å². The monoisotopic (exact) mass is 292 g/mol. The molecule has 3 unspecified atom stereocenters.